The Bertz CT molecular complexity index is 559. The molecule has 94 valence electrons. The van der Waals surface area contributed by atoms with Crippen LogP contribution in [0.15, 0.2) is 24.4 Å². The number of hydrogen-bond donors (Lipinski definition) is 1. The van der Waals surface area contributed by atoms with E-state index < -0.39 is 0 Å². The predicted molar refractivity (Wildman–Crippen MR) is 75.9 cm³/mol. The standard InChI is InChI=1S/C15H18N2S/c1-10-3-4-12-5-6-15(14(12)7-10)17-9-13-8-16-11(2)18-13/h3-4,7-8,15,17H,5-6,9H2,1-2H3. The number of nitrogens with zero attached hydrogens (tertiary/aromatic N) is 1. The van der Waals surface area contributed by atoms with Crippen molar-refractivity contribution in [1.82, 2.24) is 10.3 Å². The third kappa shape index (κ3) is 2.33. The van der Waals surface area contributed by atoms with Crippen LogP contribution in [0.5, 0.6) is 0 Å². The Morgan fingerprint density at radius 1 is 1.39 bits per heavy atom. The second-order valence-corrected chi connectivity index (χ2v) is 6.34. The summed E-state index contributed by atoms with van der Waals surface area (Å²) in [6.07, 6.45) is 4.41. The van der Waals surface area contributed by atoms with Crippen LogP contribution in [0.3, 0.4) is 0 Å². The van der Waals surface area contributed by atoms with Crippen LogP contribution in [0.25, 0.3) is 0 Å². The minimum absolute atomic E-state index is 0.516. The lowest BCUT2D eigenvalue weighted by Crippen LogP contribution is -2.18. The fourth-order valence-electron chi connectivity index (χ4n) is 2.64. The van der Waals surface area contributed by atoms with E-state index in [2.05, 4.69) is 42.3 Å². The van der Waals surface area contributed by atoms with Crippen LogP contribution in [0.1, 0.15) is 39.0 Å². The van der Waals surface area contributed by atoms with Gasteiger partial charge in [0, 0.05) is 23.7 Å². The Kier molecular flexibility index (Phi) is 3.18. The van der Waals surface area contributed by atoms with Crippen LogP contribution in [0.2, 0.25) is 0 Å². The summed E-state index contributed by atoms with van der Waals surface area (Å²) in [7, 11) is 0. The van der Waals surface area contributed by atoms with Crippen molar-refractivity contribution in [2.75, 3.05) is 0 Å². The highest BCUT2D eigenvalue weighted by Gasteiger charge is 2.21. The second-order valence-electron chi connectivity index (χ2n) is 5.02. The molecule has 1 aromatic heterocycles. The summed E-state index contributed by atoms with van der Waals surface area (Å²) in [6.45, 7) is 5.16. The zero-order chi connectivity index (χ0) is 12.5. The lowest BCUT2D eigenvalue weighted by Gasteiger charge is -2.13. The Morgan fingerprint density at radius 2 is 2.28 bits per heavy atom. The zero-order valence-electron chi connectivity index (χ0n) is 10.9. The van der Waals surface area contributed by atoms with Gasteiger partial charge in [0.2, 0.25) is 0 Å². The van der Waals surface area contributed by atoms with Crippen LogP contribution in [-0.4, -0.2) is 4.98 Å². The van der Waals surface area contributed by atoms with E-state index in [-0.39, 0.29) is 0 Å². The maximum atomic E-state index is 4.30. The predicted octanol–water partition coefficient (Wildman–Crippen LogP) is 3.54. The van der Waals surface area contributed by atoms with E-state index >= 15 is 0 Å². The molecule has 3 rings (SSSR count). The third-order valence-corrected chi connectivity index (χ3v) is 4.48. The normalized spacial score (nSPS) is 18.0. The van der Waals surface area contributed by atoms with Crippen molar-refractivity contribution in [3.05, 3.63) is 51.0 Å². The number of aryl methyl sites for hydroxylation is 3. The van der Waals surface area contributed by atoms with E-state index in [4.69, 9.17) is 0 Å². The van der Waals surface area contributed by atoms with Crippen LogP contribution >= 0.6 is 11.3 Å². The summed E-state index contributed by atoms with van der Waals surface area (Å²) < 4.78 is 0. The lowest BCUT2D eigenvalue weighted by molar-refractivity contribution is 0.533. The zero-order valence-corrected chi connectivity index (χ0v) is 11.7. The fraction of sp³-hybridized carbons (Fsp3) is 0.400. The molecule has 0 bridgehead atoms. The van der Waals surface area contributed by atoms with Crippen molar-refractivity contribution >= 4 is 11.3 Å². The number of hydrogen-bond acceptors (Lipinski definition) is 3. The molecule has 0 fully saturated rings. The van der Waals surface area contributed by atoms with Crippen molar-refractivity contribution in [3.63, 3.8) is 0 Å². The van der Waals surface area contributed by atoms with Gasteiger partial charge in [0.1, 0.15) is 0 Å². The van der Waals surface area contributed by atoms with E-state index in [9.17, 15) is 0 Å². The first-order chi connectivity index (χ1) is 8.72. The molecule has 1 heterocycles. The van der Waals surface area contributed by atoms with E-state index in [1.807, 2.05) is 6.20 Å². The molecule has 0 aliphatic heterocycles. The molecular weight excluding hydrogens is 240 g/mol. The molecule has 1 aliphatic carbocycles. The van der Waals surface area contributed by atoms with Gasteiger partial charge in [-0.3, -0.25) is 0 Å². The number of fused-ring (bicyclic) bond motifs is 1. The molecule has 1 unspecified atom stereocenters. The first-order valence-corrected chi connectivity index (χ1v) is 7.28. The van der Waals surface area contributed by atoms with Crippen molar-refractivity contribution in [3.8, 4) is 0 Å². The van der Waals surface area contributed by atoms with Gasteiger partial charge < -0.3 is 5.32 Å². The second kappa shape index (κ2) is 4.82. The van der Waals surface area contributed by atoms with Crippen molar-refractivity contribution in [2.45, 2.75) is 39.3 Å². The van der Waals surface area contributed by atoms with Gasteiger partial charge in [-0.05, 0) is 37.8 Å². The molecule has 1 aromatic carbocycles. The van der Waals surface area contributed by atoms with E-state index in [0.29, 0.717) is 6.04 Å². The molecule has 2 aromatic rings. The minimum atomic E-state index is 0.516. The topological polar surface area (TPSA) is 24.9 Å². The summed E-state index contributed by atoms with van der Waals surface area (Å²) in [5.74, 6) is 0. The Labute approximate surface area is 112 Å². The summed E-state index contributed by atoms with van der Waals surface area (Å²) >= 11 is 1.78. The molecule has 0 saturated carbocycles. The summed E-state index contributed by atoms with van der Waals surface area (Å²) in [5, 5.41) is 4.81. The summed E-state index contributed by atoms with van der Waals surface area (Å²) in [4.78, 5) is 5.63. The van der Waals surface area contributed by atoms with Gasteiger partial charge in [0.25, 0.3) is 0 Å². The van der Waals surface area contributed by atoms with Crippen molar-refractivity contribution < 1.29 is 0 Å². The first kappa shape index (κ1) is 11.9. The van der Waals surface area contributed by atoms with Crippen molar-refractivity contribution in [2.24, 2.45) is 0 Å². The molecule has 18 heavy (non-hydrogen) atoms. The highest BCUT2D eigenvalue weighted by atomic mass is 32.1. The van der Waals surface area contributed by atoms with Gasteiger partial charge in [-0.15, -0.1) is 11.3 Å². The first-order valence-electron chi connectivity index (χ1n) is 6.46. The van der Waals surface area contributed by atoms with Crippen LogP contribution < -0.4 is 5.32 Å². The quantitative estimate of drug-likeness (QED) is 0.911. The van der Waals surface area contributed by atoms with Crippen LogP contribution in [0, 0.1) is 13.8 Å². The molecular formula is C15H18N2S. The average Bonchev–Trinajstić information content (AvgIpc) is 2.93. The van der Waals surface area contributed by atoms with E-state index in [1.165, 1.54) is 34.4 Å². The largest absolute Gasteiger partial charge is 0.305 e. The molecule has 1 aliphatic rings. The molecule has 0 spiro atoms. The summed E-state index contributed by atoms with van der Waals surface area (Å²) in [5.41, 5.74) is 4.37. The van der Waals surface area contributed by atoms with Gasteiger partial charge in [0.15, 0.2) is 0 Å². The van der Waals surface area contributed by atoms with Crippen molar-refractivity contribution in [1.29, 1.82) is 0 Å². The number of thiazole rings is 1. The molecule has 0 amide bonds. The molecule has 0 radical (unpaired) electrons. The average molecular weight is 258 g/mol. The Balaban J connectivity index is 1.71. The lowest BCUT2D eigenvalue weighted by atomic mass is 10.1. The molecule has 3 heteroatoms. The molecule has 0 saturated heterocycles. The minimum Gasteiger partial charge on any atom is -0.305 e. The van der Waals surface area contributed by atoms with Gasteiger partial charge in [-0.2, -0.15) is 0 Å². The monoisotopic (exact) mass is 258 g/mol. The van der Waals surface area contributed by atoms with Crippen LogP contribution in [0.4, 0.5) is 0 Å². The SMILES string of the molecule is Cc1ccc2c(c1)C(NCc1cnc(C)s1)CC2. The molecule has 1 N–H and O–H groups in total. The van der Waals surface area contributed by atoms with Crippen LogP contribution in [-0.2, 0) is 13.0 Å². The number of aromatic nitrogens is 1. The highest BCUT2D eigenvalue weighted by molar-refractivity contribution is 7.11. The van der Waals surface area contributed by atoms with E-state index in [1.54, 1.807) is 11.3 Å². The molecule has 1 atom stereocenters. The highest BCUT2D eigenvalue weighted by Crippen LogP contribution is 2.32. The smallest absolute Gasteiger partial charge is 0.0897 e. The number of benzene rings is 1. The summed E-state index contributed by atoms with van der Waals surface area (Å²) in [6, 6.07) is 7.34. The van der Waals surface area contributed by atoms with Gasteiger partial charge in [-0.25, -0.2) is 4.98 Å². The van der Waals surface area contributed by atoms with Gasteiger partial charge in [0.05, 0.1) is 5.01 Å². The van der Waals surface area contributed by atoms with Gasteiger partial charge in [-0.1, -0.05) is 23.8 Å². The molecule has 2 nitrogen and oxygen atoms in total. The number of nitrogens with one attached hydrogen (secondary N) is 1. The van der Waals surface area contributed by atoms with E-state index in [0.717, 1.165) is 11.6 Å². The van der Waals surface area contributed by atoms with Gasteiger partial charge >= 0.3 is 0 Å². The maximum Gasteiger partial charge on any atom is 0.0897 e. The fourth-order valence-corrected chi connectivity index (χ4v) is 3.39. The number of rotatable bonds is 3. The Hall–Kier alpha value is -1.19. The third-order valence-electron chi connectivity index (χ3n) is 3.57. The maximum absolute atomic E-state index is 4.30. The Morgan fingerprint density at radius 3 is 3.06 bits per heavy atom.